The Morgan fingerprint density at radius 3 is 1.88 bits per heavy atom. The van der Waals surface area contributed by atoms with Gasteiger partial charge in [-0.05, 0) is 77.0 Å². The number of hydrogen-bond donors (Lipinski definition) is 3. The number of ether oxygens (including phenoxy) is 2. The summed E-state index contributed by atoms with van der Waals surface area (Å²) < 4.78 is 26.2. The van der Waals surface area contributed by atoms with Crippen molar-refractivity contribution in [3.8, 4) is 0 Å². The van der Waals surface area contributed by atoms with Crippen LogP contribution in [0.15, 0.2) is 85.1 Å². The number of carbonyl (C=O) groups excluding carboxylic acids is 2. The van der Waals surface area contributed by atoms with Gasteiger partial charge in [0, 0.05) is 12.8 Å². The van der Waals surface area contributed by atoms with E-state index in [-0.39, 0.29) is 19.4 Å². The number of allylic oxidation sites excluding steroid dienone is 12. The van der Waals surface area contributed by atoms with Gasteiger partial charge in [0.1, 0.15) is 6.61 Å². The van der Waals surface area contributed by atoms with E-state index in [0.29, 0.717) is 25.7 Å². The first-order valence-corrected chi connectivity index (χ1v) is 20.5. The van der Waals surface area contributed by atoms with Crippen LogP contribution in [0.3, 0.4) is 0 Å². The van der Waals surface area contributed by atoms with Crippen LogP contribution < -0.4 is 0 Å². The van der Waals surface area contributed by atoms with Gasteiger partial charge in [-0.3, -0.25) is 14.1 Å². The fourth-order valence-electron chi connectivity index (χ4n) is 4.63. The highest BCUT2D eigenvalue weighted by molar-refractivity contribution is 7.46. The van der Waals surface area contributed by atoms with Gasteiger partial charge in [-0.1, -0.05) is 131 Å². The Morgan fingerprint density at radius 2 is 1.20 bits per heavy atom. The zero-order chi connectivity index (χ0) is 37.7. The zero-order valence-corrected chi connectivity index (χ0v) is 32.2. The molecule has 0 aromatic carbocycles. The second kappa shape index (κ2) is 35.6. The van der Waals surface area contributed by atoms with Crippen LogP contribution in [0, 0.1) is 0 Å². The van der Waals surface area contributed by atoms with Crippen LogP contribution in [0.1, 0.15) is 136 Å². The van der Waals surface area contributed by atoms with Crippen molar-refractivity contribution in [1.82, 2.24) is 0 Å². The highest BCUT2D eigenvalue weighted by Crippen LogP contribution is 2.35. The number of esters is 2. The standard InChI is InChI=1S/C41H67O9P/c1-3-5-7-9-11-12-13-14-15-16-17-18-22-27-31-35-41(44)50-39(37-49-51(45,46)47)36-48-40(43)34-30-26-23-19-21-25-29-33-38(42)32-28-24-20-10-8-6-4-2/h5,7,11-12,14-15,19-20,23-25,28-29,32,38-39,42H,3-4,6,8-10,13,16-18,21-22,26-27,30-31,33-37H2,1-2H3,(H2,45,46,47)/b7-5-,12-11-,15-14-,23-19+,24-20-,29-25-,32-28-/t38-,39-/m1/s1. The number of hydrogen-bond acceptors (Lipinski definition) is 7. The molecule has 0 aromatic rings. The molecule has 0 aromatic heterocycles. The van der Waals surface area contributed by atoms with Crippen LogP contribution in [-0.2, 0) is 28.2 Å². The molecule has 0 aliphatic rings. The minimum absolute atomic E-state index is 0.148. The monoisotopic (exact) mass is 734 g/mol. The van der Waals surface area contributed by atoms with Gasteiger partial charge >= 0.3 is 19.8 Å². The summed E-state index contributed by atoms with van der Waals surface area (Å²) >= 11 is 0. The molecule has 0 fully saturated rings. The summed E-state index contributed by atoms with van der Waals surface area (Å²) in [6.45, 7) is 3.38. The number of phosphoric acid groups is 1. The minimum atomic E-state index is -4.79. The van der Waals surface area contributed by atoms with Crippen molar-refractivity contribution >= 4 is 19.8 Å². The van der Waals surface area contributed by atoms with Gasteiger partial charge in [0.25, 0.3) is 0 Å². The average molecular weight is 735 g/mol. The van der Waals surface area contributed by atoms with Gasteiger partial charge in [-0.25, -0.2) is 4.57 Å². The predicted molar refractivity (Wildman–Crippen MR) is 208 cm³/mol. The van der Waals surface area contributed by atoms with E-state index in [9.17, 15) is 19.3 Å². The van der Waals surface area contributed by atoms with Gasteiger partial charge in [0.2, 0.25) is 0 Å². The molecule has 0 saturated carbocycles. The summed E-state index contributed by atoms with van der Waals surface area (Å²) in [4.78, 5) is 42.7. The van der Waals surface area contributed by atoms with Gasteiger partial charge in [-0.15, -0.1) is 0 Å². The van der Waals surface area contributed by atoms with Crippen molar-refractivity contribution in [3.63, 3.8) is 0 Å². The smallest absolute Gasteiger partial charge is 0.462 e. The number of unbranched alkanes of at least 4 members (excludes halogenated alkanes) is 9. The van der Waals surface area contributed by atoms with E-state index in [2.05, 4.69) is 60.9 Å². The highest BCUT2D eigenvalue weighted by Gasteiger charge is 2.22. The number of aliphatic hydroxyl groups is 1. The lowest BCUT2D eigenvalue weighted by atomic mass is 10.1. The van der Waals surface area contributed by atoms with Gasteiger partial charge in [-0.2, -0.15) is 0 Å². The van der Waals surface area contributed by atoms with Crippen LogP contribution in [0.2, 0.25) is 0 Å². The summed E-state index contributed by atoms with van der Waals surface area (Å²) in [5.74, 6) is -1.02. The van der Waals surface area contributed by atoms with E-state index >= 15 is 0 Å². The maximum atomic E-state index is 12.4. The second-order valence-corrected chi connectivity index (χ2v) is 13.6. The topological polar surface area (TPSA) is 140 Å². The van der Waals surface area contributed by atoms with E-state index in [1.807, 2.05) is 36.5 Å². The number of phosphoric ester groups is 1. The molecular formula is C41H67O9P. The van der Waals surface area contributed by atoms with E-state index in [0.717, 1.165) is 64.2 Å². The van der Waals surface area contributed by atoms with Crippen LogP contribution in [0.25, 0.3) is 0 Å². The van der Waals surface area contributed by atoms with E-state index < -0.39 is 38.6 Å². The lowest BCUT2D eigenvalue weighted by Crippen LogP contribution is -2.29. The molecule has 9 nitrogen and oxygen atoms in total. The Balaban J connectivity index is 4.18. The third-order valence-electron chi connectivity index (χ3n) is 7.48. The van der Waals surface area contributed by atoms with Gasteiger partial charge in [0.15, 0.2) is 6.10 Å². The third kappa shape index (κ3) is 38.3. The van der Waals surface area contributed by atoms with Crippen molar-refractivity contribution < 1.29 is 43.0 Å². The Morgan fingerprint density at radius 1 is 0.627 bits per heavy atom. The second-order valence-electron chi connectivity index (χ2n) is 12.4. The van der Waals surface area contributed by atoms with Crippen molar-refractivity contribution in [3.05, 3.63) is 85.1 Å². The van der Waals surface area contributed by atoms with Crippen LogP contribution >= 0.6 is 7.82 Å². The van der Waals surface area contributed by atoms with Gasteiger partial charge < -0.3 is 24.4 Å². The van der Waals surface area contributed by atoms with E-state index in [4.69, 9.17) is 19.3 Å². The lowest BCUT2D eigenvalue weighted by molar-refractivity contribution is -0.161. The first kappa shape index (κ1) is 48.2. The van der Waals surface area contributed by atoms with Crippen molar-refractivity contribution in [2.75, 3.05) is 13.2 Å². The number of rotatable bonds is 33. The molecule has 0 aliphatic heterocycles. The summed E-state index contributed by atoms with van der Waals surface area (Å²) in [5.41, 5.74) is 0. The molecule has 0 unspecified atom stereocenters. The molecular weight excluding hydrogens is 667 g/mol. The summed E-state index contributed by atoms with van der Waals surface area (Å²) in [6.07, 6.45) is 43.3. The molecule has 0 aliphatic carbocycles. The molecule has 0 spiro atoms. The molecule has 0 bridgehead atoms. The summed E-state index contributed by atoms with van der Waals surface area (Å²) in [5, 5.41) is 10.0. The Labute approximate surface area is 308 Å². The van der Waals surface area contributed by atoms with Crippen molar-refractivity contribution in [1.29, 1.82) is 0 Å². The maximum absolute atomic E-state index is 12.4. The van der Waals surface area contributed by atoms with Gasteiger partial charge in [0.05, 0.1) is 12.7 Å². The Hall–Kier alpha value is -2.81. The Kier molecular flexibility index (Phi) is 33.6. The number of carbonyl (C=O) groups is 2. The largest absolute Gasteiger partial charge is 0.469 e. The first-order valence-electron chi connectivity index (χ1n) is 19.0. The summed E-state index contributed by atoms with van der Waals surface area (Å²) in [6, 6.07) is 0. The third-order valence-corrected chi connectivity index (χ3v) is 7.96. The van der Waals surface area contributed by atoms with E-state index in [1.165, 1.54) is 19.3 Å². The van der Waals surface area contributed by atoms with Crippen molar-refractivity contribution in [2.24, 2.45) is 0 Å². The maximum Gasteiger partial charge on any atom is 0.469 e. The molecule has 0 rings (SSSR count). The predicted octanol–water partition coefficient (Wildman–Crippen LogP) is 10.3. The first-order chi connectivity index (χ1) is 24.7. The summed E-state index contributed by atoms with van der Waals surface area (Å²) in [7, 11) is -4.79. The van der Waals surface area contributed by atoms with Crippen LogP contribution in [0.4, 0.5) is 0 Å². The molecule has 3 N–H and O–H groups in total. The molecule has 290 valence electrons. The molecule has 51 heavy (non-hydrogen) atoms. The molecule has 0 amide bonds. The normalized spacial score (nSPS) is 14.1. The molecule has 0 heterocycles. The fraction of sp³-hybridized carbons (Fsp3) is 0.610. The van der Waals surface area contributed by atoms with Crippen LogP contribution in [0.5, 0.6) is 0 Å². The van der Waals surface area contributed by atoms with Crippen molar-refractivity contribution in [2.45, 2.75) is 148 Å². The fourth-order valence-corrected chi connectivity index (χ4v) is 4.99. The van der Waals surface area contributed by atoms with Crippen LogP contribution in [-0.4, -0.2) is 52.3 Å². The average Bonchev–Trinajstić information content (AvgIpc) is 3.09. The van der Waals surface area contributed by atoms with E-state index in [1.54, 1.807) is 6.08 Å². The molecule has 0 radical (unpaired) electrons. The quantitative estimate of drug-likeness (QED) is 0.0198. The Bertz CT molecular complexity index is 1110. The highest BCUT2D eigenvalue weighted by atomic mass is 31.2. The molecule has 10 heteroatoms. The lowest BCUT2D eigenvalue weighted by Gasteiger charge is -2.18. The minimum Gasteiger partial charge on any atom is -0.462 e. The molecule has 0 saturated heterocycles. The zero-order valence-electron chi connectivity index (χ0n) is 31.3. The number of aliphatic hydroxyl groups excluding tert-OH is 1. The molecule has 2 atom stereocenters. The SMILES string of the molecule is CC/C=C\C/C=C\C/C=C\CCCCCCCC(=O)O[C@H](COC(=O)CCC/C=C/C/C=C\C[C@H](O)/C=C\C=C/CCCCC)COP(=O)(O)O.